The Morgan fingerprint density at radius 1 is 1.24 bits per heavy atom. The maximum atomic E-state index is 13.5. The lowest BCUT2D eigenvalue weighted by Gasteiger charge is -2.27. The molecule has 0 spiro atoms. The van der Waals surface area contributed by atoms with Gasteiger partial charge in [0, 0.05) is 26.3 Å². The van der Waals surface area contributed by atoms with Crippen LogP contribution in [0.3, 0.4) is 0 Å². The third-order valence-corrected chi connectivity index (χ3v) is 7.35. The second kappa shape index (κ2) is 12.1. The SMILES string of the molecule is CCC(C)CN1CCCCC(c2cccc(Oc3cc(CC(N)c4cncn4C)ccc3C#N)c2)C1=O. The summed E-state index contributed by atoms with van der Waals surface area (Å²) in [5, 5.41) is 9.69. The molecular weight excluding hydrogens is 462 g/mol. The number of hydrogen-bond donors (Lipinski definition) is 1. The molecule has 3 atom stereocenters. The van der Waals surface area contributed by atoms with Gasteiger partial charge in [0.25, 0.3) is 0 Å². The standard InChI is InChI=1S/C30H37N5O2/c1-4-21(2)19-35-13-6-5-10-26(30(35)36)23-8-7-9-25(16-23)37-29-15-22(11-12-24(29)17-31)14-27(32)28-18-33-20-34(28)3/h7-9,11-12,15-16,18,20-21,26-27H,4-6,10,13-14,19,32H2,1-3H3. The van der Waals surface area contributed by atoms with Crippen LogP contribution in [0.15, 0.2) is 55.0 Å². The topological polar surface area (TPSA) is 97.2 Å². The van der Waals surface area contributed by atoms with Gasteiger partial charge in [-0.25, -0.2) is 4.98 Å². The van der Waals surface area contributed by atoms with Gasteiger partial charge >= 0.3 is 0 Å². The molecule has 0 radical (unpaired) electrons. The minimum absolute atomic E-state index is 0.172. The van der Waals surface area contributed by atoms with Crippen molar-refractivity contribution in [2.24, 2.45) is 18.7 Å². The smallest absolute Gasteiger partial charge is 0.230 e. The van der Waals surface area contributed by atoms with Gasteiger partial charge < -0.3 is 19.9 Å². The van der Waals surface area contributed by atoms with Gasteiger partial charge in [-0.1, -0.05) is 44.9 Å². The van der Waals surface area contributed by atoms with Crippen LogP contribution >= 0.6 is 0 Å². The van der Waals surface area contributed by atoms with Crippen molar-refractivity contribution in [3.63, 3.8) is 0 Å². The minimum atomic E-state index is -0.226. The van der Waals surface area contributed by atoms with Gasteiger partial charge in [-0.3, -0.25) is 4.79 Å². The summed E-state index contributed by atoms with van der Waals surface area (Å²) in [6.07, 6.45) is 8.05. The van der Waals surface area contributed by atoms with Gasteiger partial charge in [-0.15, -0.1) is 0 Å². The van der Waals surface area contributed by atoms with Gasteiger partial charge in [0.15, 0.2) is 0 Å². The van der Waals surface area contributed by atoms with E-state index >= 15 is 0 Å². The lowest BCUT2D eigenvalue weighted by Crippen LogP contribution is -2.37. The number of amides is 1. The van der Waals surface area contributed by atoms with Crippen molar-refractivity contribution in [3.05, 3.63) is 77.4 Å². The molecule has 4 rings (SSSR count). The summed E-state index contributed by atoms with van der Waals surface area (Å²) in [5.41, 5.74) is 9.75. The number of aryl methyl sites for hydroxylation is 1. The Bertz CT molecular complexity index is 1260. The van der Waals surface area contributed by atoms with Crippen LogP contribution in [0.1, 0.15) is 73.9 Å². The van der Waals surface area contributed by atoms with E-state index in [1.165, 1.54) is 0 Å². The van der Waals surface area contributed by atoms with E-state index in [0.717, 1.165) is 55.6 Å². The van der Waals surface area contributed by atoms with Crippen molar-refractivity contribution in [2.45, 2.75) is 57.9 Å². The Balaban J connectivity index is 1.54. The first-order valence-electron chi connectivity index (χ1n) is 13.2. The van der Waals surface area contributed by atoms with Crippen molar-refractivity contribution >= 4 is 5.91 Å². The van der Waals surface area contributed by atoms with Crippen molar-refractivity contribution in [3.8, 4) is 17.6 Å². The number of nitrogens with zero attached hydrogens (tertiary/aromatic N) is 4. The lowest BCUT2D eigenvalue weighted by atomic mass is 9.93. The van der Waals surface area contributed by atoms with E-state index in [1.807, 2.05) is 52.9 Å². The zero-order valence-electron chi connectivity index (χ0n) is 22.1. The highest BCUT2D eigenvalue weighted by Crippen LogP contribution is 2.33. The van der Waals surface area contributed by atoms with Gasteiger partial charge in [-0.05, 0) is 60.6 Å². The molecule has 1 amide bonds. The van der Waals surface area contributed by atoms with Crippen LogP contribution in [-0.4, -0.2) is 33.4 Å². The van der Waals surface area contributed by atoms with E-state index in [0.29, 0.717) is 29.4 Å². The Morgan fingerprint density at radius 3 is 2.81 bits per heavy atom. The number of nitriles is 1. The number of rotatable bonds is 9. The summed E-state index contributed by atoms with van der Waals surface area (Å²) in [6.45, 7) is 6.00. The van der Waals surface area contributed by atoms with E-state index in [-0.39, 0.29) is 17.9 Å². The Kier molecular flexibility index (Phi) is 8.62. The first-order valence-corrected chi connectivity index (χ1v) is 13.2. The second-order valence-electron chi connectivity index (χ2n) is 10.2. The molecule has 1 saturated heterocycles. The minimum Gasteiger partial charge on any atom is -0.456 e. The van der Waals surface area contributed by atoms with Gasteiger partial charge in [0.2, 0.25) is 5.91 Å². The average molecular weight is 500 g/mol. The molecule has 7 heteroatoms. The molecule has 2 N–H and O–H groups in total. The molecular formula is C30H37N5O2. The quantitative estimate of drug-likeness (QED) is 0.421. The summed E-state index contributed by atoms with van der Waals surface area (Å²) in [6, 6.07) is 15.3. The maximum Gasteiger partial charge on any atom is 0.230 e. The third-order valence-electron chi connectivity index (χ3n) is 7.35. The van der Waals surface area contributed by atoms with Crippen molar-refractivity contribution in [2.75, 3.05) is 13.1 Å². The fraction of sp³-hybridized carbons (Fsp3) is 0.433. The first kappa shape index (κ1) is 26.4. The van der Waals surface area contributed by atoms with Crippen LogP contribution in [0.2, 0.25) is 0 Å². The second-order valence-corrected chi connectivity index (χ2v) is 10.2. The highest BCUT2D eigenvalue weighted by molar-refractivity contribution is 5.84. The molecule has 1 aliphatic rings. The van der Waals surface area contributed by atoms with E-state index in [9.17, 15) is 10.1 Å². The van der Waals surface area contributed by atoms with Crippen molar-refractivity contribution in [1.82, 2.24) is 14.5 Å². The summed E-state index contributed by atoms with van der Waals surface area (Å²) >= 11 is 0. The number of hydrogen-bond acceptors (Lipinski definition) is 5. The Hall–Kier alpha value is -3.63. The van der Waals surface area contributed by atoms with Crippen LogP contribution in [0.25, 0.3) is 0 Å². The summed E-state index contributed by atoms with van der Waals surface area (Å²) in [7, 11) is 1.92. The number of carbonyl (C=O) groups excluding carboxylic acids is 1. The van der Waals surface area contributed by atoms with E-state index < -0.39 is 0 Å². The van der Waals surface area contributed by atoms with Crippen LogP contribution < -0.4 is 10.5 Å². The summed E-state index contributed by atoms with van der Waals surface area (Å²) < 4.78 is 8.15. The molecule has 37 heavy (non-hydrogen) atoms. The zero-order chi connectivity index (χ0) is 26.4. The fourth-order valence-electron chi connectivity index (χ4n) is 4.98. The molecule has 2 heterocycles. The lowest BCUT2D eigenvalue weighted by molar-refractivity contribution is -0.132. The van der Waals surface area contributed by atoms with Crippen molar-refractivity contribution < 1.29 is 9.53 Å². The average Bonchev–Trinajstić information content (AvgIpc) is 3.25. The summed E-state index contributed by atoms with van der Waals surface area (Å²) in [4.78, 5) is 19.7. The number of imidazole rings is 1. The van der Waals surface area contributed by atoms with Crippen LogP contribution in [0.5, 0.6) is 11.5 Å². The molecule has 1 fully saturated rings. The van der Waals surface area contributed by atoms with Gasteiger partial charge in [-0.2, -0.15) is 5.26 Å². The van der Waals surface area contributed by atoms with Gasteiger partial charge in [0.1, 0.15) is 17.6 Å². The number of carbonyl (C=O) groups is 1. The molecule has 0 bridgehead atoms. The monoisotopic (exact) mass is 499 g/mol. The number of likely N-dealkylation sites (tertiary alicyclic amines) is 1. The van der Waals surface area contributed by atoms with E-state index in [4.69, 9.17) is 10.5 Å². The van der Waals surface area contributed by atoms with Crippen LogP contribution in [0.4, 0.5) is 0 Å². The molecule has 1 aromatic heterocycles. The largest absolute Gasteiger partial charge is 0.456 e. The molecule has 0 aliphatic carbocycles. The van der Waals surface area contributed by atoms with Crippen LogP contribution in [0, 0.1) is 17.2 Å². The first-order chi connectivity index (χ1) is 17.9. The highest BCUT2D eigenvalue weighted by Gasteiger charge is 2.29. The predicted octanol–water partition coefficient (Wildman–Crippen LogP) is 5.47. The molecule has 3 unspecified atom stereocenters. The van der Waals surface area contributed by atoms with E-state index in [1.54, 1.807) is 18.6 Å². The molecule has 0 saturated carbocycles. The normalized spacial score (nSPS) is 17.6. The Morgan fingerprint density at radius 2 is 2.08 bits per heavy atom. The fourth-order valence-corrected chi connectivity index (χ4v) is 4.98. The third kappa shape index (κ3) is 6.39. The number of benzene rings is 2. The Labute approximate surface area is 219 Å². The van der Waals surface area contributed by atoms with Crippen molar-refractivity contribution in [1.29, 1.82) is 5.26 Å². The number of ether oxygens (including phenoxy) is 1. The van der Waals surface area contributed by atoms with E-state index in [2.05, 4.69) is 24.9 Å². The summed E-state index contributed by atoms with van der Waals surface area (Å²) in [5.74, 6) is 1.63. The molecule has 2 aromatic carbocycles. The molecule has 3 aromatic rings. The zero-order valence-corrected chi connectivity index (χ0v) is 22.1. The molecule has 7 nitrogen and oxygen atoms in total. The number of aromatic nitrogens is 2. The predicted molar refractivity (Wildman–Crippen MR) is 144 cm³/mol. The number of nitrogens with two attached hydrogens (primary N) is 1. The molecule has 194 valence electrons. The van der Waals surface area contributed by atoms with Gasteiger partial charge in [0.05, 0.1) is 29.5 Å². The maximum absolute atomic E-state index is 13.5. The van der Waals surface area contributed by atoms with Crippen LogP contribution in [-0.2, 0) is 18.3 Å². The molecule has 1 aliphatic heterocycles. The highest BCUT2D eigenvalue weighted by atomic mass is 16.5.